The Bertz CT molecular complexity index is 428. The van der Waals surface area contributed by atoms with Crippen LogP contribution in [0.1, 0.15) is 26.7 Å². The average molecular weight is 219 g/mol. The van der Waals surface area contributed by atoms with Gasteiger partial charge >= 0.3 is 0 Å². The lowest BCUT2D eigenvalue weighted by Crippen LogP contribution is -2.14. The molecule has 0 aliphatic heterocycles. The van der Waals surface area contributed by atoms with Crippen LogP contribution in [0.15, 0.2) is 28.8 Å². The van der Waals surface area contributed by atoms with Crippen molar-refractivity contribution in [2.45, 2.75) is 26.7 Å². The first-order valence-corrected chi connectivity index (χ1v) is 5.11. The molecule has 1 rings (SSSR count). The molecule has 84 valence electrons. The zero-order chi connectivity index (χ0) is 12.1. The van der Waals surface area contributed by atoms with Crippen LogP contribution in [0.4, 0.5) is 0 Å². The van der Waals surface area contributed by atoms with Gasteiger partial charge in [-0.1, -0.05) is 6.92 Å². The van der Waals surface area contributed by atoms with Crippen LogP contribution in [0, 0.1) is 0 Å². The fourth-order valence-electron chi connectivity index (χ4n) is 1.28. The molecular formula is C12H13NO3. The van der Waals surface area contributed by atoms with E-state index in [9.17, 15) is 14.4 Å². The molecule has 1 aliphatic carbocycles. The third kappa shape index (κ3) is 3.08. The molecule has 4 nitrogen and oxygen atoms in total. The highest BCUT2D eigenvalue weighted by molar-refractivity contribution is 6.31. The predicted octanol–water partition coefficient (Wildman–Crippen LogP) is 1.41. The van der Waals surface area contributed by atoms with Crippen LogP contribution in [-0.2, 0) is 14.4 Å². The first-order valence-electron chi connectivity index (χ1n) is 5.11. The van der Waals surface area contributed by atoms with E-state index in [4.69, 9.17) is 0 Å². The first-order chi connectivity index (χ1) is 7.54. The first kappa shape index (κ1) is 12.2. The Morgan fingerprint density at radius 3 is 2.56 bits per heavy atom. The number of rotatable bonds is 3. The van der Waals surface area contributed by atoms with Crippen LogP contribution in [0.3, 0.4) is 0 Å². The number of Topliss-reactive ketones (excluding diaryl/α,β-unsaturated/α-hetero) is 1. The van der Waals surface area contributed by atoms with E-state index in [1.165, 1.54) is 25.2 Å². The molecule has 16 heavy (non-hydrogen) atoms. The molecule has 0 saturated carbocycles. The fourth-order valence-corrected chi connectivity index (χ4v) is 1.28. The number of aliphatic imine (C=N–C) groups is 1. The van der Waals surface area contributed by atoms with Gasteiger partial charge in [0.15, 0.2) is 11.6 Å². The van der Waals surface area contributed by atoms with E-state index in [0.717, 1.165) is 6.42 Å². The molecule has 0 atom stereocenters. The zero-order valence-corrected chi connectivity index (χ0v) is 9.32. The van der Waals surface area contributed by atoms with Crippen LogP contribution in [0.2, 0.25) is 0 Å². The van der Waals surface area contributed by atoms with Gasteiger partial charge in [-0.25, -0.2) is 4.99 Å². The topological polar surface area (TPSA) is 63.6 Å². The molecule has 0 unspecified atom stereocenters. The third-order valence-corrected chi connectivity index (χ3v) is 2.06. The van der Waals surface area contributed by atoms with E-state index >= 15 is 0 Å². The Balaban J connectivity index is 2.92. The van der Waals surface area contributed by atoms with Crippen molar-refractivity contribution in [3.8, 4) is 0 Å². The highest BCUT2D eigenvalue weighted by Crippen LogP contribution is 2.08. The summed E-state index contributed by atoms with van der Waals surface area (Å²) in [5, 5.41) is 0. The third-order valence-electron chi connectivity index (χ3n) is 2.06. The van der Waals surface area contributed by atoms with Crippen molar-refractivity contribution in [1.82, 2.24) is 0 Å². The van der Waals surface area contributed by atoms with Crippen LogP contribution in [0.25, 0.3) is 0 Å². The van der Waals surface area contributed by atoms with Gasteiger partial charge < -0.3 is 0 Å². The number of carbonyl (C=O) groups excluding carboxylic acids is 3. The van der Waals surface area contributed by atoms with Gasteiger partial charge in [-0.05, 0) is 31.6 Å². The number of amides is 1. The second kappa shape index (κ2) is 5.30. The van der Waals surface area contributed by atoms with Gasteiger partial charge in [0.2, 0.25) is 5.91 Å². The molecule has 0 radical (unpaired) electrons. The van der Waals surface area contributed by atoms with Crippen molar-refractivity contribution >= 4 is 23.2 Å². The second-order valence-electron chi connectivity index (χ2n) is 3.49. The van der Waals surface area contributed by atoms with Gasteiger partial charge in [0.1, 0.15) is 0 Å². The molecule has 0 bridgehead atoms. The molecule has 0 spiro atoms. The number of carbonyl (C=O) groups is 3. The molecular weight excluding hydrogens is 206 g/mol. The molecule has 1 aliphatic rings. The largest absolute Gasteiger partial charge is 0.294 e. The summed E-state index contributed by atoms with van der Waals surface area (Å²) in [6.45, 7) is 3.20. The Morgan fingerprint density at radius 1 is 1.31 bits per heavy atom. The van der Waals surface area contributed by atoms with Crippen molar-refractivity contribution in [3.63, 3.8) is 0 Å². The highest BCUT2D eigenvalue weighted by atomic mass is 16.2. The van der Waals surface area contributed by atoms with Crippen LogP contribution in [0.5, 0.6) is 0 Å². The Labute approximate surface area is 93.7 Å². The smallest absolute Gasteiger partial charge is 0.246 e. The SMILES string of the molecule is CCCC(=O)N=C1C=CC(=O)C(C(C)=O)=C1. The van der Waals surface area contributed by atoms with E-state index in [-0.39, 0.29) is 23.0 Å². The molecule has 0 N–H and O–H groups in total. The minimum absolute atomic E-state index is 0.0746. The fraction of sp³-hybridized carbons (Fsp3) is 0.333. The average Bonchev–Trinajstić information content (AvgIpc) is 2.21. The Hall–Kier alpha value is -1.84. The summed E-state index contributed by atoms with van der Waals surface area (Å²) >= 11 is 0. The normalized spacial score (nSPS) is 17.5. The summed E-state index contributed by atoms with van der Waals surface area (Å²) < 4.78 is 0. The molecule has 0 saturated heterocycles. The summed E-state index contributed by atoms with van der Waals surface area (Å²) in [5.41, 5.74) is 0.439. The van der Waals surface area contributed by atoms with E-state index in [1.807, 2.05) is 6.92 Å². The number of hydrogen-bond acceptors (Lipinski definition) is 3. The number of hydrogen-bond donors (Lipinski definition) is 0. The maximum Gasteiger partial charge on any atom is 0.246 e. The molecule has 0 aromatic rings. The highest BCUT2D eigenvalue weighted by Gasteiger charge is 2.16. The standard InChI is InChI=1S/C12H13NO3/c1-3-4-12(16)13-9-5-6-11(15)10(7-9)8(2)14/h5-7H,3-4H2,1-2H3. The number of ketones is 2. The molecule has 0 fully saturated rings. The van der Waals surface area contributed by atoms with Gasteiger partial charge in [-0.15, -0.1) is 0 Å². The lowest BCUT2D eigenvalue weighted by molar-refractivity contribution is -0.119. The minimum Gasteiger partial charge on any atom is -0.294 e. The molecule has 1 amide bonds. The van der Waals surface area contributed by atoms with E-state index in [2.05, 4.69) is 4.99 Å². The van der Waals surface area contributed by atoms with Crippen molar-refractivity contribution in [2.75, 3.05) is 0 Å². The summed E-state index contributed by atoms with van der Waals surface area (Å²) in [4.78, 5) is 37.4. The van der Waals surface area contributed by atoms with Crippen molar-refractivity contribution < 1.29 is 14.4 Å². The van der Waals surface area contributed by atoms with Crippen LogP contribution in [-0.4, -0.2) is 23.2 Å². The van der Waals surface area contributed by atoms with Crippen molar-refractivity contribution in [2.24, 2.45) is 4.99 Å². The summed E-state index contributed by atoms with van der Waals surface area (Å²) in [6.07, 6.45) is 5.16. The van der Waals surface area contributed by atoms with Gasteiger partial charge in [-0.2, -0.15) is 0 Å². The predicted molar refractivity (Wildman–Crippen MR) is 60.3 cm³/mol. The molecule has 0 aromatic heterocycles. The lowest BCUT2D eigenvalue weighted by Gasteiger charge is -2.04. The van der Waals surface area contributed by atoms with Crippen LogP contribution < -0.4 is 0 Å². The van der Waals surface area contributed by atoms with E-state index in [0.29, 0.717) is 12.1 Å². The maximum absolute atomic E-state index is 11.3. The summed E-state index contributed by atoms with van der Waals surface area (Å²) in [7, 11) is 0. The van der Waals surface area contributed by atoms with Crippen LogP contribution >= 0.6 is 0 Å². The number of nitrogens with zero attached hydrogens (tertiary/aromatic N) is 1. The quantitative estimate of drug-likeness (QED) is 0.532. The monoisotopic (exact) mass is 219 g/mol. The summed E-state index contributed by atoms with van der Waals surface area (Å²) in [6, 6.07) is 0. The van der Waals surface area contributed by atoms with E-state index in [1.54, 1.807) is 0 Å². The van der Waals surface area contributed by atoms with Gasteiger partial charge in [0.05, 0.1) is 11.3 Å². The zero-order valence-electron chi connectivity index (χ0n) is 9.32. The Kier molecular flexibility index (Phi) is 4.05. The second-order valence-corrected chi connectivity index (χ2v) is 3.49. The van der Waals surface area contributed by atoms with Gasteiger partial charge in [-0.3, -0.25) is 14.4 Å². The van der Waals surface area contributed by atoms with Gasteiger partial charge in [0.25, 0.3) is 0 Å². The minimum atomic E-state index is -0.339. The number of allylic oxidation sites excluding steroid dienone is 4. The molecule has 0 heterocycles. The molecule has 0 aromatic carbocycles. The van der Waals surface area contributed by atoms with Crippen molar-refractivity contribution in [1.29, 1.82) is 0 Å². The van der Waals surface area contributed by atoms with E-state index < -0.39 is 0 Å². The molecule has 4 heteroatoms. The maximum atomic E-state index is 11.3. The lowest BCUT2D eigenvalue weighted by atomic mass is 10.0. The summed E-state index contributed by atoms with van der Waals surface area (Å²) in [5.74, 6) is -0.893. The van der Waals surface area contributed by atoms with Crippen molar-refractivity contribution in [3.05, 3.63) is 23.8 Å². The Morgan fingerprint density at radius 2 is 2.00 bits per heavy atom. The van der Waals surface area contributed by atoms with Gasteiger partial charge in [0, 0.05) is 6.42 Å².